The lowest BCUT2D eigenvalue weighted by Crippen LogP contribution is -2.29. The van der Waals surface area contributed by atoms with Gasteiger partial charge in [0.25, 0.3) is 5.91 Å². The summed E-state index contributed by atoms with van der Waals surface area (Å²) in [7, 11) is 0. The number of halogens is 1. The number of furan rings is 1. The highest BCUT2D eigenvalue weighted by atomic mass is 35.5. The summed E-state index contributed by atoms with van der Waals surface area (Å²) in [4.78, 5) is 28.1. The second-order valence-electron chi connectivity index (χ2n) is 6.82. The standard InChI is InChI=1S/C22H14ClNO5/c23-13-6-7-17-16(10-13)20(26)18-19(12-3-1-4-14(25)9-12)24(22(27)21(18)29-17)11-15-5-2-8-28-15/h1-10,19,25H,11H2/t19-/m0/s1. The van der Waals surface area contributed by atoms with Crippen LogP contribution in [0.15, 0.2) is 74.5 Å². The molecule has 0 aliphatic carbocycles. The predicted octanol–water partition coefficient (Wildman–Crippen LogP) is 4.49. The molecular weight excluding hydrogens is 394 g/mol. The maximum atomic E-state index is 13.4. The van der Waals surface area contributed by atoms with Gasteiger partial charge in [-0.2, -0.15) is 0 Å². The van der Waals surface area contributed by atoms with Crippen LogP contribution in [0.5, 0.6) is 5.75 Å². The van der Waals surface area contributed by atoms with Crippen molar-refractivity contribution in [1.29, 1.82) is 0 Å². The highest BCUT2D eigenvalue weighted by Crippen LogP contribution is 2.40. The fourth-order valence-electron chi connectivity index (χ4n) is 3.77. The quantitative estimate of drug-likeness (QED) is 0.541. The molecule has 2 aromatic heterocycles. The zero-order valence-corrected chi connectivity index (χ0v) is 15.7. The minimum Gasteiger partial charge on any atom is -0.508 e. The van der Waals surface area contributed by atoms with Crippen molar-refractivity contribution in [3.8, 4) is 5.75 Å². The minimum absolute atomic E-state index is 0.00952. The van der Waals surface area contributed by atoms with Crippen LogP contribution in [0.25, 0.3) is 11.0 Å². The van der Waals surface area contributed by atoms with Crippen LogP contribution in [0.1, 0.15) is 33.5 Å². The molecule has 0 fully saturated rings. The highest BCUT2D eigenvalue weighted by molar-refractivity contribution is 6.31. The van der Waals surface area contributed by atoms with Gasteiger partial charge in [-0.25, -0.2) is 0 Å². The summed E-state index contributed by atoms with van der Waals surface area (Å²) in [5.74, 6) is 0.175. The molecule has 2 aromatic carbocycles. The van der Waals surface area contributed by atoms with Gasteiger partial charge in [-0.1, -0.05) is 23.7 Å². The van der Waals surface area contributed by atoms with E-state index < -0.39 is 11.9 Å². The number of carbonyl (C=O) groups is 1. The van der Waals surface area contributed by atoms with Crippen molar-refractivity contribution in [3.05, 3.63) is 98.8 Å². The smallest absolute Gasteiger partial charge is 0.291 e. The lowest BCUT2D eigenvalue weighted by molar-refractivity contribution is 0.0701. The van der Waals surface area contributed by atoms with Gasteiger partial charge >= 0.3 is 0 Å². The number of aromatic hydroxyl groups is 1. The molecule has 1 aliphatic rings. The molecule has 1 amide bonds. The topological polar surface area (TPSA) is 83.9 Å². The fraction of sp³-hybridized carbons (Fsp3) is 0.0909. The molecule has 7 heteroatoms. The molecule has 4 aromatic rings. The zero-order valence-electron chi connectivity index (χ0n) is 15.0. The average Bonchev–Trinajstić information content (AvgIpc) is 3.31. The Morgan fingerprint density at radius 2 is 1.93 bits per heavy atom. The van der Waals surface area contributed by atoms with Crippen LogP contribution < -0.4 is 5.43 Å². The van der Waals surface area contributed by atoms with E-state index in [9.17, 15) is 14.7 Å². The van der Waals surface area contributed by atoms with Crippen LogP contribution in [0.2, 0.25) is 5.02 Å². The summed E-state index contributed by atoms with van der Waals surface area (Å²) in [6, 6.07) is 13.9. The van der Waals surface area contributed by atoms with Crippen LogP contribution in [-0.2, 0) is 6.54 Å². The summed E-state index contributed by atoms with van der Waals surface area (Å²) >= 11 is 6.06. The zero-order chi connectivity index (χ0) is 20.1. The molecule has 29 heavy (non-hydrogen) atoms. The number of rotatable bonds is 3. The Bertz CT molecular complexity index is 1310. The molecule has 0 unspecified atom stereocenters. The molecule has 0 saturated carbocycles. The van der Waals surface area contributed by atoms with E-state index in [1.807, 2.05) is 0 Å². The predicted molar refractivity (Wildman–Crippen MR) is 106 cm³/mol. The number of carbonyl (C=O) groups excluding carboxylic acids is 1. The Morgan fingerprint density at radius 1 is 1.07 bits per heavy atom. The normalized spacial score (nSPS) is 15.8. The van der Waals surface area contributed by atoms with Crippen molar-refractivity contribution in [1.82, 2.24) is 4.90 Å². The second-order valence-corrected chi connectivity index (χ2v) is 7.26. The van der Waals surface area contributed by atoms with Crippen molar-refractivity contribution in [3.63, 3.8) is 0 Å². The van der Waals surface area contributed by atoms with E-state index in [0.29, 0.717) is 27.3 Å². The van der Waals surface area contributed by atoms with E-state index in [2.05, 4.69) is 0 Å². The molecule has 1 atom stereocenters. The van der Waals surface area contributed by atoms with Crippen molar-refractivity contribution in [2.75, 3.05) is 0 Å². The van der Waals surface area contributed by atoms with Crippen LogP contribution in [0.3, 0.4) is 0 Å². The van der Waals surface area contributed by atoms with E-state index in [1.54, 1.807) is 36.4 Å². The Balaban J connectivity index is 1.77. The van der Waals surface area contributed by atoms with Gasteiger partial charge in [0, 0.05) is 5.02 Å². The number of phenolic OH excluding ortho intramolecular Hbond substituents is 1. The van der Waals surface area contributed by atoms with Gasteiger partial charge < -0.3 is 18.8 Å². The number of hydrogen-bond donors (Lipinski definition) is 1. The van der Waals surface area contributed by atoms with Crippen molar-refractivity contribution < 1.29 is 18.7 Å². The Labute approximate surface area is 169 Å². The second kappa shape index (κ2) is 6.53. The molecule has 0 radical (unpaired) electrons. The number of fused-ring (bicyclic) bond motifs is 2. The van der Waals surface area contributed by atoms with Crippen molar-refractivity contribution >= 4 is 28.5 Å². The molecule has 1 N–H and O–H groups in total. The van der Waals surface area contributed by atoms with E-state index in [0.717, 1.165) is 0 Å². The largest absolute Gasteiger partial charge is 0.508 e. The number of hydrogen-bond acceptors (Lipinski definition) is 5. The van der Waals surface area contributed by atoms with Gasteiger partial charge in [-0.3, -0.25) is 9.59 Å². The molecule has 5 rings (SSSR count). The summed E-state index contributed by atoms with van der Waals surface area (Å²) in [5.41, 5.74) is 0.785. The Kier molecular flexibility index (Phi) is 3.96. The molecule has 0 bridgehead atoms. The lowest BCUT2D eigenvalue weighted by atomic mass is 9.98. The molecule has 1 aliphatic heterocycles. The van der Waals surface area contributed by atoms with Crippen LogP contribution in [0, 0.1) is 0 Å². The van der Waals surface area contributed by atoms with E-state index in [-0.39, 0.29) is 29.0 Å². The van der Waals surface area contributed by atoms with Gasteiger partial charge in [0.15, 0.2) is 5.43 Å². The molecule has 144 valence electrons. The summed E-state index contributed by atoms with van der Waals surface area (Å²) in [6.45, 7) is 0.146. The third-order valence-electron chi connectivity index (χ3n) is 5.02. The maximum Gasteiger partial charge on any atom is 0.291 e. The van der Waals surface area contributed by atoms with Crippen molar-refractivity contribution in [2.45, 2.75) is 12.6 Å². The number of phenols is 1. The minimum atomic E-state index is -0.727. The average molecular weight is 408 g/mol. The first kappa shape index (κ1) is 17.6. The Morgan fingerprint density at radius 3 is 2.69 bits per heavy atom. The van der Waals surface area contributed by atoms with Crippen LogP contribution in [0.4, 0.5) is 0 Å². The third-order valence-corrected chi connectivity index (χ3v) is 5.26. The summed E-state index contributed by atoms with van der Waals surface area (Å²) in [6.07, 6.45) is 1.52. The Hall–Kier alpha value is -3.51. The van der Waals surface area contributed by atoms with Crippen LogP contribution in [-0.4, -0.2) is 15.9 Å². The summed E-state index contributed by atoms with van der Waals surface area (Å²) < 4.78 is 11.2. The third kappa shape index (κ3) is 2.80. The molecule has 0 spiro atoms. The first-order chi connectivity index (χ1) is 14.0. The maximum absolute atomic E-state index is 13.4. The van der Waals surface area contributed by atoms with Gasteiger partial charge in [-0.15, -0.1) is 0 Å². The number of amides is 1. The first-order valence-corrected chi connectivity index (χ1v) is 9.29. The van der Waals surface area contributed by atoms with E-state index >= 15 is 0 Å². The number of benzene rings is 2. The summed E-state index contributed by atoms with van der Waals surface area (Å²) in [5, 5.41) is 10.7. The monoisotopic (exact) mass is 407 g/mol. The van der Waals surface area contributed by atoms with Gasteiger partial charge in [0.05, 0.1) is 29.8 Å². The molecule has 6 nitrogen and oxygen atoms in total. The SMILES string of the molecule is O=C1c2oc3ccc(Cl)cc3c(=O)c2[C@H](c2cccc(O)c2)N1Cc1ccco1. The molecule has 0 saturated heterocycles. The lowest BCUT2D eigenvalue weighted by Gasteiger charge is -2.24. The van der Waals surface area contributed by atoms with Gasteiger partial charge in [0.1, 0.15) is 17.1 Å². The fourth-order valence-corrected chi connectivity index (χ4v) is 3.94. The van der Waals surface area contributed by atoms with Gasteiger partial charge in [-0.05, 0) is 48.0 Å². The van der Waals surface area contributed by atoms with E-state index in [4.69, 9.17) is 20.4 Å². The molecule has 3 heterocycles. The number of nitrogens with zero attached hydrogens (tertiary/aromatic N) is 1. The van der Waals surface area contributed by atoms with Crippen LogP contribution >= 0.6 is 11.6 Å². The van der Waals surface area contributed by atoms with E-state index in [1.165, 1.54) is 29.4 Å². The molecular formula is C22H14ClNO5. The van der Waals surface area contributed by atoms with Crippen molar-refractivity contribution in [2.24, 2.45) is 0 Å². The van der Waals surface area contributed by atoms with Gasteiger partial charge in [0.2, 0.25) is 5.76 Å². The first-order valence-electron chi connectivity index (χ1n) is 8.91. The highest BCUT2D eigenvalue weighted by Gasteiger charge is 2.43.